The Labute approximate surface area is 185 Å². The number of thiophene rings is 1. The fraction of sp³-hybridized carbons (Fsp3) is 0.130. The summed E-state index contributed by atoms with van der Waals surface area (Å²) < 4.78 is 14.0. The summed E-state index contributed by atoms with van der Waals surface area (Å²) in [5, 5.41) is 12.8. The molecule has 1 aliphatic heterocycles. The molecule has 1 fully saturated rings. The zero-order chi connectivity index (χ0) is 21.3. The second kappa shape index (κ2) is 8.53. The second-order valence-electron chi connectivity index (χ2n) is 6.89. The molecule has 0 radical (unpaired) electrons. The molecule has 1 unspecified atom stereocenters. The Hall–Kier alpha value is -2.77. The van der Waals surface area contributed by atoms with E-state index >= 15 is 0 Å². The minimum absolute atomic E-state index is 0.0869. The number of aliphatic hydroxyl groups is 1. The maximum atomic E-state index is 13.2. The Bertz CT molecular complexity index is 1110. The van der Waals surface area contributed by atoms with Gasteiger partial charge in [0.2, 0.25) is 0 Å². The quantitative estimate of drug-likeness (QED) is 0.302. The minimum atomic E-state index is -0.701. The number of hydrogen-bond donors (Lipinski definition) is 1. The summed E-state index contributed by atoms with van der Waals surface area (Å²) in [5.41, 5.74) is 1.41. The predicted octanol–water partition coefficient (Wildman–Crippen LogP) is 5.31. The highest BCUT2D eigenvalue weighted by Crippen LogP contribution is 2.41. The van der Waals surface area contributed by atoms with Gasteiger partial charge in [-0.1, -0.05) is 46.3 Å². The summed E-state index contributed by atoms with van der Waals surface area (Å²) >= 11 is 4.77. The van der Waals surface area contributed by atoms with Crippen molar-refractivity contribution >= 4 is 44.7 Å². The monoisotopic (exact) mass is 485 g/mol. The number of carbonyl (C=O) groups is 2. The number of halogens is 2. The van der Waals surface area contributed by atoms with Crippen LogP contribution in [0.4, 0.5) is 4.39 Å². The lowest BCUT2D eigenvalue weighted by molar-refractivity contribution is -0.139. The molecule has 0 saturated carbocycles. The van der Waals surface area contributed by atoms with Crippen molar-refractivity contribution in [2.75, 3.05) is 6.54 Å². The summed E-state index contributed by atoms with van der Waals surface area (Å²) in [4.78, 5) is 28.0. The lowest BCUT2D eigenvalue weighted by Crippen LogP contribution is -2.31. The smallest absolute Gasteiger partial charge is 0.295 e. The fourth-order valence-corrected chi connectivity index (χ4v) is 4.63. The highest BCUT2D eigenvalue weighted by atomic mass is 79.9. The molecule has 1 aliphatic rings. The number of benzene rings is 2. The Morgan fingerprint density at radius 3 is 2.40 bits per heavy atom. The van der Waals surface area contributed by atoms with Crippen molar-refractivity contribution in [3.05, 3.63) is 97.9 Å². The van der Waals surface area contributed by atoms with E-state index in [-0.39, 0.29) is 23.7 Å². The van der Waals surface area contributed by atoms with E-state index in [1.807, 2.05) is 17.5 Å². The van der Waals surface area contributed by atoms with Crippen molar-refractivity contribution in [1.29, 1.82) is 0 Å². The maximum absolute atomic E-state index is 13.2. The van der Waals surface area contributed by atoms with Gasteiger partial charge in [0.25, 0.3) is 11.7 Å². The number of amides is 1. The van der Waals surface area contributed by atoms with Crippen LogP contribution in [0, 0.1) is 5.82 Å². The van der Waals surface area contributed by atoms with Crippen LogP contribution in [0.3, 0.4) is 0 Å². The summed E-state index contributed by atoms with van der Waals surface area (Å²) in [7, 11) is 0. The van der Waals surface area contributed by atoms with Crippen LogP contribution < -0.4 is 0 Å². The normalized spacial score (nSPS) is 18.2. The average Bonchev–Trinajstić information content (AvgIpc) is 3.35. The first kappa shape index (κ1) is 20.5. The summed E-state index contributed by atoms with van der Waals surface area (Å²) in [6.07, 6.45) is 0.466. The molecule has 1 N–H and O–H groups in total. The van der Waals surface area contributed by atoms with Crippen LogP contribution >= 0.6 is 27.3 Å². The summed E-state index contributed by atoms with van der Waals surface area (Å²) in [6.45, 7) is 0.274. The molecule has 2 heterocycles. The van der Waals surface area contributed by atoms with Crippen LogP contribution in [0.5, 0.6) is 0 Å². The number of Topliss-reactive ketones (excluding diaryl/α,β-unsaturated/α-hetero) is 1. The molecule has 30 heavy (non-hydrogen) atoms. The van der Waals surface area contributed by atoms with Crippen LogP contribution in [-0.4, -0.2) is 28.2 Å². The molecule has 1 atom stereocenters. The number of rotatable bonds is 5. The molecule has 152 valence electrons. The van der Waals surface area contributed by atoms with E-state index in [1.54, 1.807) is 36.4 Å². The van der Waals surface area contributed by atoms with Gasteiger partial charge in [0.05, 0.1) is 11.6 Å². The molecule has 1 saturated heterocycles. The van der Waals surface area contributed by atoms with Crippen molar-refractivity contribution in [3.63, 3.8) is 0 Å². The van der Waals surface area contributed by atoms with Crippen LogP contribution in [0.1, 0.15) is 22.0 Å². The van der Waals surface area contributed by atoms with Gasteiger partial charge in [-0.05, 0) is 47.7 Å². The van der Waals surface area contributed by atoms with Gasteiger partial charge < -0.3 is 10.0 Å². The summed E-state index contributed by atoms with van der Waals surface area (Å²) in [6, 6.07) is 16.0. The number of likely N-dealkylation sites (tertiary alicyclic amines) is 1. The predicted molar refractivity (Wildman–Crippen MR) is 118 cm³/mol. The third kappa shape index (κ3) is 3.95. The van der Waals surface area contributed by atoms with Crippen molar-refractivity contribution in [2.24, 2.45) is 0 Å². The van der Waals surface area contributed by atoms with E-state index in [9.17, 15) is 19.1 Å². The third-order valence-electron chi connectivity index (χ3n) is 5.02. The third-order valence-corrected chi connectivity index (χ3v) is 6.48. The fourth-order valence-electron chi connectivity index (χ4n) is 3.52. The Morgan fingerprint density at radius 1 is 1.07 bits per heavy atom. The molecule has 0 aliphatic carbocycles. The topological polar surface area (TPSA) is 57.6 Å². The number of hydrogen-bond acceptors (Lipinski definition) is 4. The van der Waals surface area contributed by atoms with Gasteiger partial charge in [0.1, 0.15) is 11.6 Å². The second-order valence-corrected chi connectivity index (χ2v) is 8.79. The molecule has 0 spiro atoms. The average molecular weight is 486 g/mol. The van der Waals surface area contributed by atoms with Crippen molar-refractivity contribution in [2.45, 2.75) is 12.5 Å². The number of aliphatic hydroxyl groups excluding tert-OH is 1. The first-order valence-corrected chi connectivity index (χ1v) is 10.9. The van der Waals surface area contributed by atoms with E-state index in [1.165, 1.54) is 28.4 Å². The van der Waals surface area contributed by atoms with Crippen LogP contribution in [0.2, 0.25) is 0 Å². The van der Waals surface area contributed by atoms with Crippen molar-refractivity contribution in [3.8, 4) is 0 Å². The molecular formula is C23H17BrFNO3S. The molecular weight excluding hydrogens is 469 g/mol. The number of ketones is 1. The standard InChI is InChI=1S/C23H17BrFNO3S/c24-16-7-5-15(6-8-16)21(27)19-20(18-2-1-13-30-18)26(23(29)22(19)28)12-11-14-3-9-17(25)10-4-14/h1-10,13,20,27H,11-12H2/b21-19-. The van der Waals surface area contributed by atoms with Crippen LogP contribution in [0.25, 0.3) is 5.76 Å². The van der Waals surface area contributed by atoms with Gasteiger partial charge in [0, 0.05) is 21.5 Å². The van der Waals surface area contributed by atoms with E-state index < -0.39 is 17.7 Å². The molecule has 7 heteroatoms. The first-order valence-electron chi connectivity index (χ1n) is 9.28. The van der Waals surface area contributed by atoms with Gasteiger partial charge in [-0.15, -0.1) is 11.3 Å². The Balaban J connectivity index is 1.72. The maximum Gasteiger partial charge on any atom is 0.295 e. The van der Waals surface area contributed by atoms with Crippen LogP contribution in [-0.2, 0) is 16.0 Å². The lowest BCUT2D eigenvalue weighted by Gasteiger charge is -2.24. The largest absolute Gasteiger partial charge is 0.507 e. The zero-order valence-electron chi connectivity index (χ0n) is 15.7. The molecule has 0 bridgehead atoms. The molecule has 4 rings (SSSR count). The van der Waals surface area contributed by atoms with Crippen molar-refractivity contribution in [1.82, 2.24) is 4.90 Å². The van der Waals surface area contributed by atoms with Gasteiger partial charge in [-0.25, -0.2) is 4.39 Å². The first-order chi connectivity index (χ1) is 14.5. The lowest BCUT2D eigenvalue weighted by atomic mass is 10.00. The van der Waals surface area contributed by atoms with E-state index in [2.05, 4.69) is 15.9 Å². The van der Waals surface area contributed by atoms with Gasteiger partial charge in [-0.2, -0.15) is 0 Å². The van der Waals surface area contributed by atoms with Crippen molar-refractivity contribution < 1.29 is 19.1 Å². The SMILES string of the molecule is O=C1C(=O)N(CCc2ccc(F)cc2)C(c2cccs2)/C1=C(/O)c1ccc(Br)cc1. The van der Waals surface area contributed by atoms with Gasteiger partial charge in [0.15, 0.2) is 0 Å². The molecule has 2 aromatic carbocycles. The minimum Gasteiger partial charge on any atom is -0.507 e. The Kier molecular flexibility index (Phi) is 5.83. The van der Waals surface area contributed by atoms with Gasteiger partial charge in [-0.3, -0.25) is 9.59 Å². The number of nitrogens with zero attached hydrogens (tertiary/aromatic N) is 1. The summed E-state index contributed by atoms with van der Waals surface area (Å²) in [5.74, 6) is -1.86. The highest BCUT2D eigenvalue weighted by Gasteiger charge is 2.46. The highest BCUT2D eigenvalue weighted by molar-refractivity contribution is 9.10. The Morgan fingerprint density at radius 2 is 1.77 bits per heavy atom. The molecule has 4 nitrogen and oxygen atoms in total. The molecule has 1 amide bonds. The van der Waals surface area contributed by atoms with Gasteiger partial charge >= 0.3 is 0 Å². The van der Waals surface area contributed by atoms with E-state index in [4.69, 9.17) is 0 Å². The zero-order valence-corrected chi connectivity index (χ0v) is 18.1. The molecule has 1 aromatic heterocycles. The van der Waals surface area contributed by atoms with E-state index in [0.29, 0.717) is 12.0 Å². The van der Waals surface area contributed by atoms with E-state index in [0.717, 1.165) is 14.9 Å². The number of carbonyl (C=O) groups excluding carboxylic acids is 2. The molecule has 3 aromatic rings. The van der Waals surface area contributed by atoms with Crippen LogP contribution in [0.15, 0.2) is 76.1 Å².